The van der Waals surface area contributed by atoms with Crippen LogP contribution in [0.2, 0.25) is 0 Å². The van der Waals surface area contributed by atoms with Crippen molar-refractivity contribution in [1.82, 2.24) is 14.5 Å². The van der Waals surface area contributed by atoms with Crippen molar-refractivity contribution in [2.45, 2.75) is 6.92 Å². The SMILES string of the molecule is Cc1n[c-]nc2c1[c-]cn2C.[W].[Y]. The minimum Gasteiger partial charge on any atom is -0.400 e. The van der Waals surface area contributed by atoms with Gasteiger partial charge in [-0.2, -0.15) is 6.07 Å². The van der Waals surface area contributed by atoms with E-state index in [1.165, 1.54) is 0 Å². The molecule has 2 aromatic heterocycles. The molecule has 0 saturated carbocycles. The standard InChI is InChI=1S/C8H7N3.W.Y/c1-6-7-3-4-11(2)8(7)10-5-9-6;;/h4H,1-2H3;;/q-2;;. The average Bonchev–Trinajstić information content (AvgIpc) is 2.35. The molecule has 0 unspecified atom stereocenters. The zero-order chi connectivity index (χ0) is 7.84. The van der Waals surface area contributed by atoms with Gasteiger partial charge in [0.05, 0.1) is 0 Å². The van der Waals surface area contributed by atoms with Crippen LogP contribution in [0.5, 0.6) is 0 Å². The summed E-state index contributed by atoms with van der Waals surface area (Å²) in [7, 11) is 1.93. The number of rotatable bonds is 0. The van der Waals surface area contributed by atoms with Gasteiger partial charge < -0.3 is 14.5 Å². The molecule has 1 radical (unpaired) electrons. The van der Waals surface area contributed by atoms with Crippen molar-refractivity contribution in [3.8, 4) is 0 Å². The molecular formula is C8H7N3WY-2. The zero-order valence-corrected chi connectivity index (χ0v) is 13.2. The van der Waals surface area contributed by atoms with E-state index in [1.807, 2.05) is 24.7 Å². The predicted molar refractivity (Wildman–Crippen MR) is 40.9 cm³/mol. The summed E-state index contributed by atoms with van der Waals surface area (Å²) in [4.78, 5) is 7.94. The van der Waals surface area contributed by atoms with E-state index >= 15 is 0 Å². The summed E-state index contributed by atoms with van der Waals surface area (Å²) in [5.41, 5.74) is 1.81. The summed E-state index contributed by atoms with van der Waals surface area (Å²) in [5, 5.41) is 0.978. The maximum Gasteiger partial charge on any atom is 0.0235 e. The van der Waals surface area contributed by atoms with E-state index in [1.54, 1.807) is 0 Å². The Hall–Kier alpha value is 0.412. The van der Waals surface area contributed by atoms with Crippen molar-refractivity contribution in [1.29, 1.82) is 0 Å². The molecule has 0 aliphatic carbocycles. The quantitative estimate of drug-likeness (QED) is 0.596. The van der Waals surface area contributed by atoms with E-state index in [2.05, 4.69) is 22.4 Å². The van der Waals surface area contributed by atoms with Gasteiger partial charge in [-0.1, -0.05) is 18.8 Å². The van der Waals surface area contributed by atoms with Crippen molar-refractivity contribution in [2.75, 3.05) is 0 Å². The molecule has 0 amide bonds. The Balaban J connectivity index is 0.000000720. The Morgan fingerprint density at radius 3 is 2.69 bits per heavy atom. The second-order valence-corrected chi connectivity index (χ2v) is 2.49. The van der Waals surface area contributed by atoms with Crippen LogP contribution in [0.25, 0.3) is 11.0 Å². The molecule has 0 fully saturated rings. The number of hydrogen-bond donors (Lipinski definition) is 0. The minimum atomic E-state index is 0. The third-order valence-corrected chi connectivity index (χ3v) is 1.70. The fourth-order valence-electron chi connectivity index (χ4n) is 1.07. The van der Waals surface area contributed by atoms with E-state index < -0.39 is 0 Å². The van der Waals surface area contributed by atoms with Crippen LogP contribution >= 0.6 is 0 Å². The molecule has 0 spiro atoms. The third-order valence-electron chi connectivity index (χ3n) is 1.70. The van der Waals surface area contributed by atoms with E-state index in [-0.39, 0.29) is 53.8 Å². The van der Waals surface area contributed by atoms with Crippen LogP contribution in [0.15, 0.2) is 6.20 Å². The fourth-order valence-corrected chi connectivity index (χ4v) is 1.07. The molecular weight excluding hydrogens is 411 g/mol. The van der Waals surface area contributed by atoms with Gasteiger partial charge in [0, 0.05) is 65.7 Å². The zero-order valence-electron chi connectivity index (χ0n) is 7.40. The Kier molecular flexibility index (Phi) is 5.50. The maximum atomic E-state index is 4.00. The summed E-state index contributed by atoms with van der Waals surface area (Å²) < 4.78 is 1.90. The Morgan fingerprint density at radius 1 is 1.38 bits per heavy atom. The first kappa shape index (κ1) is 13.4. The Bertz CT molecular complexity index is 399. The normalized spacial score (nSPS) is 9.08. The number of hydrogen-bond acceptors (Lipinski definition) is 2. The van der Waals surface area contributed by atoms with E-state index in [4.69, 9.17) is 0 Å². The van der Waals surface area contributed by atoms with Gasteiger partial charge in [0.15, 0.2) is 0 Å². The first-order valence-electron chi connectivity index (χ1n) is 3.36. The number of nitrogens with zero attached hydrogens (tertiary/aromatic N) is 3. The van der Waals surface area contributed by atoms with Crippen LogP contribution in [-0.2, 0) is 60.8 Å². The molecule has 0 N–H and O–H groups in total. The van der Waals surface area contributed by atoms with E-state index in [9.17, 15) is 0 Å². The van der Waals surface area contributed by atoms with Gasteiger partial charge in [0.25, 0.3) is 0 Å². The fraction of sp³-hybridized carbons (Fsp3) is 0.250. The number of aryl methyl sites for hydroxylation is 2. The van der Waals surface area contributed by atoms with Gasteiger partial charge in [-0.3, -0.25) is 0 Å². The van der Waals surface area contributed by atoms with Gasteiger partial charge in [-0.15, -0.1) is 5.39 Å². The second kappa shape index (κ2) is 5.33. The van der Waals surface area contributed by atoms with Crippen LogP contribution in [0.4, 0.5) is 0 Å². The molecule has 0 aliphatic rings. The summed E-state index contributed by atoms with van der Waals surface area (Å²) in [6.45, 7) is 1.93. The van der Waals surface area contributed by atoms with E-state index in [0.717, 1.165) is 16.7 Å². The second-order valence-electron chi connectivity index (χ2n) is 2.49. The van der Waals surface area contributed by atoms with Gasteiger partial charge >= 0.3 is 0 Å². The molecule has 0 aromatic carbocycles. The summed E-state index contributed by atoms with van der Waals surface area (Å²) in [5.74, 6) is 0. The number of aromatic nitrogens is 3. The van der Waals surface area contributed by atoms with Crippen LogP contribution in [0.1, 0.15) is 5.69 Å². The third kappa shape index (κ3) is 2.45. The van der Waals surface area contributed by atoms with Crippen LogP contribution in [0, 0.1) is 19.3 Å². The summed E-state index contributed by atoms with van der Waals surface area (Å²) in [6.07, 6.45) is 4.44. The topological polar surface area (TPSA) is 30.7 Å². The molecule has 65 valence electrons. The number of fused-ring (bicyclic) bond motifs is 1. The van der Waals surface area contributed by atoms with Crippen molar-refractivity contribution >= 4 is 11.0 Å². The van der Waals surface area contributed by atoms with Crippen molar-refractivity contribution < 1.29 is 53.8 Å². The Labute approximate surface area is 116 Å². The van der Waals surface area contributed by atoms with Crippen molar-refractivity contribution in [3.05, 3.63) is 24.3 Å². The van der Waals surface area contributed by atoms with Gasteiger partial charge in [-0.05, 0) is 7.05 Å². The minimum absolute atomic E-state index is 0. The molecule has 3 nitrogen and oxygen atoms in total. The van der Waals surface area contributed by atoms with Crippen LogP contribution < -0.4 is 0 Å². The Morgan fingerprint density at radius 2 is 2.08 bits per heavy atom. The van der Waals surface area contributed by atoms with Gasteiger partial charge in [-0.25, -0.2) is 0 Å². The molecule has 0 aliphatic heterocycles. The largest absolute Gasteiger partial charge is 0.400 e. The summed E-state index contributed by atoms with van der Waals surface area (Å²) >= 11 is 0. The van der Waals surface area contributed by atoms with Gasteiger partial charge in [0.2, 0.25) is 0 Å². The van der Waals surface area contributed by atoms with Crippen LogP contribution in [0.3, 0.4) is 0 Å². The van der Waals surface area contributed by atoms with Gasteiger partial charge in [0.1, 0.15) is 0 Å². The molecule has 2 rings (SSSR count). The smallest absolute Gasteiger partial charge is 0.0235 e. The molecule has 5 heteroatoms. The van der Waals surface area contributed by atoms with E-state index in [0.29, 0.717) is 0 Å². The maximum absolute atomic E-state index is 4.00. The monoisotopic (exact) mass is 418 g/mol. The molecule has 0 saturated heterocycles. The first-order valence-corrected chi connectivity index (χ1v) is 3.36. The molecule has 0 atom stereocenters. The van der Waals surface area contributed by atoms with Crippen molar-refractivity contribution in [2.24, 2.45) is 7.05 Å². The first-order chi connectivity index (χ1) is 5.29. The molecule has 2 aromatic rings. The summed E-state index contributed by atoms with van der Waals surface area (Å²) in [6, 6.07) is 3.07. The van der Waals surface area contributed by atoms with Crippen LogP contribution in [-0.4, -0.2) is 14.5 Å². The molecule has 0 bridgehead atoms. The van der Waals surface area contributed by atoms with Crippen molar-refractivity contribution in [3.63, 3.8) is 0 Å². The average molecular weight is 418 g/mol. The predicted octanol–water partition coefficient (Wildman–Crippen LogP) is 0.872. The molecule has 13 heavy (non-hydrogen) atoms. The molecule has 2 heterocycles.